The topological polar surface area (TPSA) is 40.5 Å². The Morgan fingerprint density at radius 2 is 1.25 bits per heavy atom. The third-order valence-electron chi connectivity index (χ3n) is 13.5. The Morgan fingerprint density at radius 1 is 0.688 bits per heavy atom. The van der Waals surface area contributed by atoms with E-state index in [1.807, 2.05) is 13.8 Å². The summed E-state index contributed by atoms with van der Waals surface area (Å²) in [5, 5.41) is 22.2. The molecule has 0 saturated heterocycles. The molecule has 5 aliphatic rings. The molecular formula is C30H52O2. The third-order valence-corrected chi connectivity index (χ3v) is 13.5. The standard InChI is InChI=1S/C30H52O2/c1-25(2)14-9-15-27(5)21(25)13-17-30(8)22(27)10-11-23-28(6)18-20(31)24(26(3,4)32)19(28)12-16-29(23,30)7/h19-24,31-32H,9-18H2,1-8H3/t19?,20-,21?,22?,23?,24+,27-,28-,29+,30+/m0/s1. The van der Waals surface area contributed by atoms with Crippen LogP contribution in [0.4, 0.5) is 0 Å². The quantitative estimate of drug-likeness (QED) is 0.448. The summed E-state index contributed by atoms with van der Waals surface area (Å²) in [4.78, 5) is 0. The van der Waals surface area contributed by atoms with E-state index in [9.17, 15) is 10.2 Å². The Bertz CT molecular complexity index is 765. The largest absolute Gasteiger partial charge is 0.393 e. The van der Waals surface area contributed by atoms with Gasteiger partial charge in [0.2, 0.25) is 0 Å². The predicted molar refractivity (Wildman–Crippen MR) is 132 cm³/mol. The van der Waals surface area contributed by atoms with Gasteiger partial charge in [-0.3, -0.25) is 0 Å². The first kappa shape index (κ1) is 23.7. The molecule has 2 nitrogen and oxygen atoms in total. The van der Waals surface area contributed by atoms with Gasteiger partial charge in [0, 0.05) is 5.92 Å². The lowest BCUT2D eigenvalue weighted by Gasteiger charge is -2.73. The molecule has 0 aliphatic heterocycles. The van der Waals surface area contributed by atoms with Crippen molar-refractivity contribution in [2.45, 2.75) is 131 Å². The van der Waals surface area contributed by atoms with Crippen LogP contribution in [0.3, 0.4) is 0 Å². The fraction of sp³-hybridized carbons (Fsp3) is 1.00. The second-order valence-electron chi connectivity index (χ2n) is 15.6. The number of fused-ring (bicyclic) bond motifs is 7. The average Bonchev–Trinajstić information content (AvgIpc) is 2.91. The number of hydrogen-bond donors (Lipinski definition) is 2. The predicted octanol–water partition coefficient (Wildman–Crippen LogP) is 7.22. The van der Waals surface area contributed by atoms with Gasteiger partial charge < -0.3 is 10.2 Å². The lowest BCUT2D eigenvalue weighted by atomic mass is 9.32. The fourth-order valence-electron chi connectivity index (χ4n) is 12.3. The van der Waals surface area contributed by atoms with Gasteiger partial charge in [0.05, 0.1) is 11.7 Å². The summed E-state index contributed by atoms with van der Waals surface area (Å²) in [7, 11) is 0. The van der Waals surface area contributed by atoms with Gasteiger partial charge in [-0.05, 0) is 122 Å². The first-order valence-electron chi connectivity index (χ1n) is 14.0. The summed E-state index contributed by atoms with van der Waals surface area (Å²) in [6.07, 6.45) is 12.8. The van der Waals surface area contributed by atoms with Crippen LogP contribution in [0.1, 0.15) is 120 Å². The Balaban J connectivity index is 1.53. The summed E-state index contributed by atoms with van der Waals surface area (Å²) in [6.45, 7) is 19.6. The lowest BCUT2D eigenvalue weighted by Crippen LogP contribution is -2.66. The molecular weight excluding hydrogens is 392 g/mol. The first-order valence-corrected chi connectivity index (χ1v) is 14.0. The van der Waals surface area contributed by atoms with E-state index in [0.717, 1.165) is 18.3 Å². The monoisotopic (exact) mass is 444 g/mol. The number of aliphatic hydroxyl groups is 2. The van der Waals surface area contributed by atoms with Crippen LogP contribution in [0.15, 0.2) is 0 Å². The molecule has 0 heterocycles. The summed E-state index contributed by atoms with van der Waals surface area (Å²) in [6, 6.07) is 0. The second kappa shape index (κ2) is 6.77. The molecule has 0 amide bonds. The summed E-state index contributed by atoms with van der Waals surface area (Å²) < 4.78 is 0. The zero-order chi connectivity index (χ0) is 23.5. The molecule has 0 spiro atoms. The Hall–Kier alpha value is -0.0800. The van der Waals surface area contributed by atoms with Crippen molar-refractivity contribution in [3.05, 3.63) is 0 Å². The minimum Gasteiger partial charge on any atom is -0.393 e. The van der Waals surface area contributed by atoms with E-state index in [0.29, 0.717) is 33.5 Å². The molecule has 0 radical (unpaired) electrons. The number of aliphatic hydroxyl groups excluding tert-OH is 1. The van der Waals surface area contributed by atoms with Crippen molar-refractivity contribution in [2.24, 2.45) is 56.7 Å². The molecule has 4 unspecified atom stereocenters. The van der Waals surface area contributed by atoms with Crippen molar-refractivity contribution in [3.63, 3.8) is 0 Å². The van der Waals surface area contributed by atoms with Crippen molar-refractivity contribution in [2.75, 3.05) is 0 Å². The SMILES string of the molecule is CC1(C)CCC[C@@]2(C)C1CC[C@]1(C)C2CCC2[C@@]3(C)C[C@H](O)[C@H](C(C)(C)O)C3CC[C@]21C. The highest BCUT2D eigenvalue weighted by molar-refractivity contribution is 5.20. The Kier molecular flexibility index (Phi) is 5.01. The zero-order valence-corrected chi connectivity index (χ0v) is 22.4. The first-order chi connectivity index (χ1) is 14.6. The summed E-state index contributed by atoms with van der Waals surface area (Å²) in [5.41, 5.74) is 1.10. The lowest BCUT2D eigenvalue weighted by molar-refractivity contribution is -0.243. The van der Waals surface area contributed by atoms with Gasteiger partial charge >= 0.3 is 0 Å². The summed E-state index contributed by atoms with van der Waals surface area (Å²) in [5.74, 6) is 2.87. The van der Waals surface area contributed by atoms with Gasteiger partial charge in [-0.25, -0.2) is 0 Å². The van der Waals surface area contributed by atoms with Gasteiger partial charge in [0.25, 0.3) is 0 Å². The van der Waals surface area contributed by atoms with Crippen LogP contribution < -0.4 is 0 Å². The molecule has 0 bridgehead atoms. The smallest absolute Gasteiger partial charge is 0.0647 e. The molecule has 184 valence electrons. The molecule has 2 heteroatoms. The highest BCUT2D eigenvalue weighted by atomic mass is 16.3. The molecule has 2 N–H and O–H groups in total. The van der Waals surface area contributed by atoms with Gasteiger partial charge in [-0.1, -0.05) is 48.0 Å². The molecule has 10 atom stereocenters. The number of rotatable bonds is 1. The molecule has 5 aliphatic carbocycles. The average molecular weight is 445 g/mol. The van der Waals surface area contributed by atoms with Gasteiger partial charge in [-0.15, -0.1) is 0 Å². The molecule has 5 rings (SSSR count). The van der Waals surface area contributed by atoms with Crippen molar-refractivity contribution in [1.82, 2.24) is 0 Å². The minimum atomic E-state index is -0.796. The van der Waals surface area contributed by atoms with E-state index < -0.39 is 5.60 Å². The maximum absolute atomic E-state index is 11.2. The van der Waals surface area contributed by atoms with E-state index in [1.165, 1.54) is 57.8 Å². The maximum Gasteiger partial charge on any atom is 0.0647 e. The van der Waals surface area contributed by atoms with Crippen LogP contribution in [0, 0.1) is 56.7 Å². The van der Waals surface area contributed by atoms with Gasteiger partial charge in [0.1, 0.15) is 0 Å². The van der Waals surface area contributed by atoms with Crippen molar-refractivity contribution >= 4 is 0 Å². The van der Waals surface area contributed by atoms with Crippen molar-refractivity contribution < 1.29 is 10.2 Å². The normalized spacial score (nSPS) is 57.2. The molecule has 32 heavy (non-hydrogen) atoms. The molecule has 0 aromatic rings. The maximum atomic E-state index is 11.2. The van der Waals surface area contributed by atoms with Crippen molar-refractivity contribution in [1.29, 1.82) is 0 Å². The van der Waals surface area contributed by atoms with Crippen molar-refractivity contribution in [3.8, 4) is 0 Å². The number of hydrogen-bond acceptors (Lipinski definition) is 2. The molecule has 0 aromatic carbocycles. The zero-order valence-electron chi connectivity index (χ0n) is 22.4. The van der Waals surface area contributed by atoms with Crippen LogP contribution >= 0.6 is 0 Å². The molecule has 5 fully saturated rings. The molecule has 5 saturated carbocycles. The van der Waals surface area contributed by atoms with E-state index in [1.54, 1.807) is 0 Å². The van der Waals surface area contributed by atoms with E-state index in [4.69, 9.17) is 0 Å². The Morgan fingerprint density at radius 3 is 1.84 bits per heavy atom. The highest BCUT2D eigenvalue weighted by Gasteiger charge is 2.71. The van der Waals surface area contributed by atoms with E-state index in [2.05, 4.69) is 41.5 Å². The second-order valence-corrected chi connectivity index (χ2v) is 15.6. The fourth-order valence-corrected chi connectivity index (χ4v) is 12.3. The van der Waals surface area contributed by atoms with Crippen LogP contribution in [-0.2, 0) is 0 Å². The van der Waals surface area contributed by atoms with E-state index in [-0.39, 0.29) is 17.4 Å². The summed E-state index contributed by atoms with van der Waals surface area (Å²) >= 11 is 0. The third kappa shape index (κ3) is 2.78. The van der Waals surface area contributed by atoms with Crippen LogP contribution in [0.5, 0.6) is 0 Å². The minimum absolute atomic E-state index is 0.0231. The van der Waals surface area contributed by atoms with Crippen LogP contribution in [-0.4, -0.2) is 21.9 Å². The van der Waals surface area contributed by atoms with Crippen LogP contribution in [0.2, 0.25) is 0 Å². The van der Waals surface area contributed by atoms with Crippen LogP contribution in [0.25, 0.3) is 0 Å². The van der Waals surface area contributed by atoms with Gasteiger partial charge in [-0.2, -0.15) is 0 Å². The highest BCUT2D eigenvalue weighted by Crippen LogP contribution is 2.78. The van der Waals surface area contributed by atoms with E-state index >= 15 is 0 Å². The molecule has 0 aromatic heterocycles. The van der Waals surface area contributed by atoms with Gasteiger partial charge in [0.15, 0.2) is 0 Å². The Labute approximate surface area is 198 Å².